The van der Waals surface area contributed by atoms with Gasteiger partial charge >= 0.3 is 29.6 Å². The predicted molar refractivity (Wildman–Crippen MR) is 35.1 cm³/mol. The molecule has 0 unspecified atom stereocenters. The summed E-state index contributed by atoms with van der Waals surface area (Å²) in [6.45, 7) is 0. The molecule has 0 aliphatic heterocycles. The molecule has 0 saturated carbocycles. The second-order valence-corrected chi connectivity index (χ2v) is 2.37. The van der Waals surface area contributed by atoms with E-state index < -0.39 is 30.4 Å². The fourth-order valence-corrected chi connectivity index (χ4v) is 0.609. The number of aliphatic carboxylic acids is 1. The topological polar surface area (TPSA) is 138 Å². The first-order valence-electron chi connectivity index (χ1n) is 3.30. The van der Waals surface area contributed by atoms with Crippen molar-refractivity contribution in [3.8, 4) is 0 Å². The molecular weight excluding hydrogens is 207 g/mol. The average Bonchev–Trinajstić information content (AvgIpc) is 2.12. The van der Waals surface area contributed by atoms with E-state index in [2.05, 4.69) is 0 Å². The maximum atomic E-state index is 9.95. The molecule has 14 heavy (non-hydrogen) atoms. The van der Waals surface area contributed by atoms with Crippen LogP contribution in [0.25, 0.3) is 0 Å². The summed E-state index contributed by atoms with van der Waals surface area (Å²) in [6.07, 6.45) is -8.65. The Morgan fingerprint density at radius 2 is 1.57 bits per heavy atom. The van der Waals surface area contributed by atoms with Crippen molar-refractivity contribution in [3.05, 3.63) is 0 Å². The Kier molecular flexibility index (Phi) is 8.55. The molecule has 7 nitrogen and oxygen atoms in total. The fraction of sp³-hybridized carbons (Fsp3) is 0.667. The van der Waals surface area contributed by atoms with E-state index in [1.807, 2.05) is 0 Å². The summed E-state index contributed by atoms with van der Waals surface area (Å²) >= 11 is 0. The van der Waals surface area contributed by atoms with Gasteiger partial charge in [0.15, 0.2) is 6.29 Å². The molecule has 0 fully saturated rings. The molecule has 0 spiro atoms. The van der Waals surface area contributed by atoms with Crippen LogP contribution in [0.3, 0.4) is 0 Å². The van der Waals surface area contributed by atoms with Crippen molar-refractivity contribution in [1.82, 2.24) is 0 Å². The summed E-state index contributed by atoms with van der Waals surface area (Å²) < 4.78 is 0. The van der Waals surface area contributed by atoms with Crippen LogP contribution in [-0.2, 0) is 9.59 Å². The van der Waals surface area contributed by atoms with Gasteiger partial charge in [0.1, 0.15) is 24.4 Å². The second-order valence-electron chi connectivity index (χ2n) is 2.37. The number of aliphatic hydroxyl groups excluding tert-OH is 4. The summed E-state index contributed by atoms with van der Waals surface area (Å²) in [5, 5.41) is 44.8. The van der Waals surface area contributed by atoms with Gasteiger partial charge in [-0.2, -0.15) is 0 Å². The first-order chi connectivity index (χ1) is 5.91. The summed E-state index contributed by atoms with van der Waals surface area (Å²) in [6, 6.07) is 0. The van der Waals surface area contributed by atoms with Crippen LogP contribution in [0.2, 0.25) is 0 Å². The molecular formula is C6H9NaO7. The zero-order valence-electron chi connectivity index (χ0n) is 7.40. The number of hydrogen-bond donors (Lipinski definition) is 4. The van der Waals surface area contributed by atoms with Gasteiger partial charge < -0.3 is 35.1 Å². The van der Waals surface area contributed by atoms with E-state index in [0.717, 1.165) is 0 Å². The van der Waals surface area contributed by atoms with E-state index in [1.54, 1.807) is 0 Å². The molecule has 0 aliphatic carbocycles. The third kappa shape index (κ3) is 4.47. The number of carboxylic acids is 1. The van der Waals surface area contributed by atoms with Gasteiger partial charge in [-0.3, -0.25) is 0 Å². The van der Waals surface area contributed by atoms with Crippen molar-refractivity contribution in [2.45, 2.75) is 24.4 Å². The SMILES string of the molecule is O=C[C@H](O)[C@@H](O)[C@@H](O)[C@H](O)C(=O)[O-].[Na+]. The van der Waals surface area contributed by atoms with Crippen molar-refractivity contribution < 1.29 is 64.7 Å². The van der Waals surface area contributed by atoms with Crippen molar-refractivity contribution in [2.24, 2.45) is 0 Å². The Bertz CT molecular complexity index is 197. The van der Waals surface area contributed by atoms with Crippen LogP contribution < -0.4 is 34.7 Å². The largest absolute Gasteiger partial charge is 1.00 e. The zero-order chi connectivity index (χ0) is 10.6. The van der Waals surface area contributed by atoms with Gasteiger partial charge in [-0.05, 0) is 0 Å². The number of hydrogen-bond acceptors (Lipinski definition) is 7. The molecule has 0 bridgehead atoms. The van der Waals surface area contributed by atoms with Gasteiger partial charge in [-0.15, -0.1) is 0 Å². The number of carbonyl (C=O) groups is 2. The quantitative estimate of drug-likeness (QED) is 0.264. The molecule has 0 aromatic heterocycles. The Hall–Kier alpha value is -0.0200. The molecule has 0 aromatic rings. The van der Waals surface area contributed by atoms with Crippen LogP contribution in [0, 0.1) is 0 Å². The molecule has 4 atom stereocenters. The van der Waals surface area contributed by atoms with E-state index >= 15 is 0 Å². The smallest absolute Gasteiger partial charge is 0.547 e. The molecule has 0 radical (unpaired) electrons. The summed E-state index contributed by atoms with van der Waals surface area (Å²) in [4.78, 5) is 19.8. The van der Waals surface area contributed by atoms with Gasteiger partial charge in [0.05, 0.1) is 5.97 Å². The minimum absolute atomic E-state index is 0. The van der Waals surface area contributed by atoms with Crippen LogP contribution >= 0.6 is 0 Å². The minimum atomic E-state index is -2.36. The molecule has 8 heteroatoms. The summed E-state index contributed by atoms with van der Waals surface area (Å²) in [7, 11) is 0. The van der Waals surface area contributed by atoms with E-state index in [9.17, 15) is 14.7 Å². The van der Waals surface area contributed by atoms with Crippen LogP contribution in [-0.4, -0.2) is 57.1 Å². The van der Waals surface area contributed by atoms with Gasteiger partial charge in [-0.1, -0.05) is 0 Å². The first kappa shape index (κ1) is 16.4. The Balaban J connectivity index is 0. The van der Waals surface area contributed by atoms with E-state index in [1.165, 1.54) is 0 Å². The van der Waals surface area contributed by atoms with Crippen molar-refractivity contribution >= 4 is 12.3 Å². The molecule has 0 saturated heterocycles. The maximum Gasteiger partial charge on any atom is 1.00 e. The van der Waals surface area contributed by atoms with Crippen molar-refractivity contribution in [3.63, 3.8) is 0 Å². The maximum absolute atomic E-state index is 9.95. The molecule has 4 N–H and O–H groups in total. The van der Waals surface area contributed by atoms with E-state index in [0.29, 0.717) is 0 Å². The monoisotopic (exact) mass is 216 g/mol. The Morgan fingerprint density at radius 3 is 1.86 bits per heavy atom. The van der Waals surface area contributed by atoms with Crippen LogP contribution in [0.4, 0.5) is 0 Å². The van der Waals surface area contributed by atoms with E-state index in [-0.39, 0.29) is 35.8 Å². The summed E-state index contributed by atoms with van der Waals surface area (Å²) in [5.41, 5.74) is 0. The molecule has 0 heterocycles. The molecule has 0 amide bonds. The summed E-state index contributed by atoms with van der Waals surface area (Å²) in [5.74, 6) is -2.01. The first-order valence-corrected chi connectivity index (χ1v) is 3.30. The molecule has 0 rings (SSSR count). The van der Waals surface area contributed by atoms with Gasteiger partial charge in [0.2, 0.25) is 0 Å². The average molecular weight is 216 g/mol. The third-order valence-corrected chi connectivity index (χ3v) is 1.40. The standard InChI is InChI=1S/C6H10O7.Na/c7-1-2(8)3(9)4(10)5(11)6(12)13;/h1-5,8-11H,(H,12,13);/q;+1/p-1/t2-,3+,4+,5-;/m0./s1. The second kappa shape index (κ2) is 7.30. The number of aldehydes is 1. The van der Waals surface area contributed by atoms with Gasteiger partial charge in [-0.25, -0.2) is 0 Å². The fourth-order valence-electron chi connectivity index (χ4n) is 0.609. The zero-order valence-corrected chi connectivity index (χ0v) is 9.40. The molecule has 0 aromatic carbocycles. The van der Waals surface area contributed by atoms with Crippen molar-refractivity contribution in [2.75, 3.05) is 0 Å². The Morgan fingerprint density at radius 1 is 1.14 bits per heavy atom. The van der Waals surface area contributed by atoms with Crippen LogP contribution in [0.1, 0.15) is 0 Å². The normalized spacial score (nSPS) is 18.6. The number of carbonyl (C=O) groups excluding carboxylic acids is 2. The Labute approximate surface area is 101 Å². The predicted octanol–water partition coefficient (Wildman–Crippen LogP) is -7.62. The molecule has 0 aliphatic rings. The van der Waals surface area contributed by atoms with E-state index in [4.69, 9.17) is 20.4 Å². The van der Waals surface area contributed by atoms with Gasteiger partial charge in [0.25, 0.3) is 0 Å². The van der Waals surface area contributed by atoms with Crippen molar-refractivity contribution in [1.29, 1.82) is 0 Å². The van der Waals surface area contributed by atoms with Crippen LogP contribution in [0.5, 0.6) is 0 Å². The minimum Gasteiger partial charge on any atom is -0.547 e. The number of aliphatic hydroxyl groups is 4. The molecule has 76 valence electrons. The van der Waals surface area contributed by atoms with Crippen LogP contribution in [0.15, 0.2) is 0 Å². The van der Waals surface area contributed by atoms with Gasteiger partial charge in [0, 0.05) is 0 Å². The number of carboxylic acid groups (broad SMARTS) is 1. The third-order valence-electron chi connectivity index (χ3n) is 1.40. The number of rotatable bonds is 5.